The van der Waals surface area contributed by atoms with Crippen molar-refractivity contribution in [2.24, 2.45) is 0 Å². The summed E-state index contributed by atoms with van der Waals surface area (Å²) in [6, 6.07) is 10.6. The van der Waals surface area contributed by atoms with Gasteiger partial charge < -0.3 is 15.8 Å². The molecule has 104 valence electrons. The highest BCUT2D eigenvalue weighted by molar-refractivity contribution is 9.10. The number of benzene rings is 2. The summed E-state index contributed by atoms with van der Waals surface area (Å²) in [5.74, 6) is 0.959. The number of hydrogen-bond acceptors (Lipinski definition) is 3. The summed E-state index contributed by atoms with van der Waals surface area (Å²) in [5.41, 5.74) is 7.93. The molecule has 0 saturated heterocycles. The number of nitrogen functional groups attached to an aromatic ring is 1. The Balaban J connectivity index is 2.32. The van der Waals surface area contributed by atoms with Crippen LogP contribution >= 0.6 is 15.9 Å². The van der Waals surface area contributed by atoms with Crippen LogP contribution in [0, 0.1) is 6.92 Å². The number of anilines is 1. The molecular weight excluding hydrogens is 320 g/mol. The summed E-state index contributed by atoms with van der Waals surface area (Å²) in [5, 5.41) is 2.57. The van der Waals surface area contributed by atoms with Crippen LogP contribution in [0.4, 0.5) is 5.69 Å². The van der Waals surface area contributed by atoms with E-state index in [-0.39, 0.29) is 5.91 Å². The molecule has 5 heteroatoms. The number of nitrogens with one attached hydrogen (secondary N) is 1. The normalized spacial score (nSPS) is 10.2. The maximum absolute atomic E-state index is 11.6. The lowest BCUT2D eigenvalue weighted by Crippen LogP contribution is -2.17. The molecule has 1 amide bonds. The average molecular weight is 335 g/mol. The molecular formula is C15H15BrN2O2. The second kappa shape index (κ2) is 5.96. The second-order valence-corrected chi connectivity index (χ2v) is 5.20. The van der Waals surface area contributed by atoms with E-state index in [0.29, 0.717) is 22.7 Å². The first-order chi connectivity index (χ1) is 9.51. The van der Waals surface area contributed by atoms with E-state index in [2.05, 4.69) is 21.2 Å². The molecule has 0 fully saturated rings. The number of halogens is 1. The number of carbonyl (C=O) groups excluding carboxylic acids is 1. The fourth-order valence-corrected chi connectivity index (χ4v) is 1.96. The highest BCUT2D eigenvalue weighted by atomic mass is 79.9. The molecule has 3 N–H and O–H groups in total. The van der Waals surface area contributed by atoms with Crippen LogP contribution in [0.25, 0.3) is 0 Å². The monoisotopic (exact) mass is 334 g/mol. The van der Waals surface area contributed by atoms with Crippen molar-refractivity contribution >= 4 is 27.5 Å². The fourth-order valence-electron chi connectivity index (χ4n) is 1.72. The molecule has 0 aromatic heterocycles. The van der Waals surface area contributed by atoms with Gasteiger partial charge in [0.25, 0.3) is 5.91 Å². The van der Waals surface area contributed by atoms with Crippen LogP contribution in [0.3, 0.4) is 0 Å². The van der Waals surface area contributed by atoms with Gasteiger partial charge in [0.15, 0.2) is 5.75 Å². The summed E-state index contributed by atoms with van der Waals surface area (Å²) in [7, 11) is 1.58. The SMILES string of the molecule is CNC(=O)c1ccc(N)c(Oc2ccc(Br)c(C)c2)c1. The third kappa shape index (κ3) is 3.11. The van der Waals surface area contributed by atoms with Crippen LogP contribution in [-0.2, 0) is 0 Å². The van der Waals surface area contributed by atoms with Crippen molar-refractivity contribution in [2.45, 2.75) is 6.92 Å². The molecule has 0 aliphatic carbocycles. The first kappa shape index (κ1) is 14.4. The standard InChI is InChI=1S/C15H15BrN2O2/c1-9-7-11(4-5-12(9)16)20-14-8-10(15(19)18-2)3-6-13(14)17/h3-8H,17H2,1-2H3,(H,18,19). The van der Waals surface area contributed by atoms with Crippen molar-refractivity contribution in [1.29, 1.82) is 0 Å². The Bertz CT molecular complexity index is 656. The van der Waals surface area contributed by atoms with E-state index in [1.54, 1.807) is 25.2 Å². The quantitative estimate of drug-likeness (QED) is 0.844. The second-order valence-electron chi connectivity index (χ2n) is 4.34. The summed E-state index contributed by atoms with van der Waals surface area (Å²) >= 11 is 3.44. The summed E-state index contributed by atoms with van der Waals surface area (Å²) < 4.78 is 6.77. The summed E-state index contributed by atoms with van der Waals surface area (Å²) in [4.78, 5) is 11.6. The van der Waals surface area contributed by atoms with Gasteiger partial charge in [-0.2, -0.15) is 0 Å². The maximum atomic E-state index is 11.6. The van der Waals surface area contributed by atoms with E-state index in [1.807, 2.05) is 25.1 Å². The molecule has 0 unspecified atom stereocenters. The Morgan fingerprint density at radius 2 is 2.00 bits per heavy atom. The molecule has 0 aliphatic heterocycles. The minimum atomic E-state index is -0.179. The molecule has 0 heterocycles. The highest BCUT2D eigenvalue weighted by Gasteiger charge is 2.09. The third-order valence-electron chi connectivity index (χ3n) is 2.86. The van der Waals surface area contributed by atoms with Gasteiger partial charge in [-0.15, -0.1) is 0 Å². The van der Waals surface area contributed by atoms with E-state index in [9.17, 15) is 4.79 Å². The van der Waals surface area contributed by atoms with Crippen molar-refractivity contribution in [3.8, 4) is 11.5 Å². The summed E-state index contributed by atoms with van der Waals surface area (Å²) in [6.45, 7) is 1.97. The zero-order chi connectivity index (χ0) is 14.7. The van der Waals surface area contributed by atoms with Crippen molar-refractivity contribution in [1.82, 2.24) is 5.32 Å². The van der Waals surface area contributed by atoms with Gasteiger partial charge in [-0.3, -0.25) is 4.79 Å². The smallest absolute Gasteiger partial charge is 0.251 e. The van der Waals surface area contributed by atoms with Crippen molar-refractivity contribution in [3.05, 3.63) is 52.0 Å². The van der Waals surface area contributed by atoms with Crippen LogP contribution in [0.1, 0.15) is 15.9 Å². The molecule has 0 radical (unpaired) electrons. The van der Waals surface area contributed by atoms with E-state index >= 15 is 0 Å². The maximum Gasteiger partial charge on any atom is 0.251 e. The van der Waals surface area contributed by atoms with E-state index < -0.39 is 0 Å². The summed E-state index contributed by atoms with van der Waals surface area (Å²) in [6.07, 6.45) is 0. The van der Waals surface area contributed by atoms with Gasteiger partial charge in [-0.1, -0.05) is 15.9 Å². The first-order valence-corrected chi connectivity index (χ1v) is 6.86. The van der Waals surface area contributed by atoms with Gasteiger partial charge in [0.2, 0.25) is 0 Å². The van der Waals surface area contributed by atoms with Crippen LogP contribution in [-0.4, -0.2) is 13.0 Å². The molecule has 0 bridgehead atoms. The third-order valence-corrected chi connectivity index (χ3v) is 3.75. The number of nitrogens with two attached hydrogens (primary N) is 1. The van der Waals surface area contributed by atoms with Gasteiger partial charge >= 0.3 is 0 Å². The Morgan fingerprint density at radius 3 is 2.65 bits per heavy atom. The number of aryl methyl sites for hydroxylation is 1. The first-order valence-electron chi connectivity index (χ1n) is 6.07. The van der Waals surface area contributed by atoms with E-state index in [0.717, 1.165) is 10.0 Å². The van der Waals surface area contributed by atoms with Crippen LogP contribution < -0.4 is 15.8 Å². The number of ether oxygens (including phenoxy) is 1. The minimum Gasteiger partial charge on any atom is -0.455 e. The highest BCUT2D eigenvalue weighted by Crippen LogP contribution is 2.30. The lowest BCUT2D eigenvalue weighted by atomic mass is 10.1. The van der Waals surface area contributed by atoms with Crippen molar-refractivity contribution in [3.63, 3.8) is 0 Å². The lowest BCUT2D eigenvalue weighted by molar-refractivity contribution is 0.0963. The van der Waals surface area contributed by atoms with E-state index in [4.69, 9.17) is 10.5 Å². The molecule has 0 aliphatic rings. The Morgan fingerprint density at radius 1 is 1.25 bits per heavy atom. The van der Waals surface area contributed by atoms with Crippen LogP contribution in [0.2, 0.25) is 0 Å². The van der Waals surface area contributed by atoms with Gasteiger partial charge in [-0.05, 0) is 48.9 Å². The number of amides is 1. The topological polar surface area (TPSA) is 64.4 Å². The van der Waals surface area contributed by atoms with Gasteiger partial charge in [-0.25, -0.2) is 0 Å². The fraction of sp³-hybridized carbons (Fsp3) is 0.133. The molecule has 2 rings (SSSR count). The Labute approximate surface area is 126 Å². The number of hydrogen-bond donors (Lipinski definition) is 2. The lowest BCUT2D eigenvalue weighted by Gasteiger charge is -2.11. The predicted molar refractivity (Wildman–Crippen MR) is 83.2 cm³/mol. The van der Waals surface area contributed by atoms with Crippen LogP contribution in [0.5, 0.6) is 11.5 Å². The molecule has 2 aromatic carbocycles. The number of carbonyl (C=O) groups is 1. The molecule has 0 atom stereocenters. The van der Waals surface area contributed by atoms with Gasteiger partial charge in [0.1, 0.15) is 5.75 Å². The molecule has 0 spiro atoms. The largest absolute Gasteiger partial charge is 0.455 e. The zero-order valence-corrected chi connectivity index (χ0v) is 12.8. The van der Waals surface area contributed by atoms with Crippen molar-refractivity contribution < 1.29 is 9.53 Å². The predicted octanol–water partition coefficient (Wildman–Crippen LogP) is 3.49. The molecule has 4 nitrogen and oxygen atoms in total. The van der Waals surface area contributed by atoms with Gasteiger partial charge in [0, 0.05) is 17.1 Å². The van der Waals surface area contributed by atoms with Crippen molar-refractivity contribution in [2.75, 3.05) is 12.8 Å². The minimum absolute atomic E-state index is 0.179. The van der Waals surface area contributed by atoms with E-state index in [1.165, 1.54) is 0 Å². The number of rotatable bonds is 3. The van der Waals surface area contributed by atoms with Crippen LogP contribution in [0.15, 0.2) is 40.9 Å². The molecule has 0 saturated carbocycles. The average Bonchev–Trinajstić information content (AvgIpc) is 2.44. The zero-order valence-electron chi connectivity index (χ0n) is 11.2. The Hall–Kier alpha value is -2.01. The molecule has 2 aromatic rings. The molecule has 20 heavy (non-hydrogen) atoms. The Kier molecular flexibility index (Phi) is 4.29. The van der Waals surface area contributed by atoms with Gasteiger partial charge in [0.05, 0.1) is 5.69 Å².